The van der Waals surface area contributed by atoms with Gasteiger partial charge < -0.3 is 10.1 Å². The van der Waals surface area contributed by atoms with Crippen LogP contribution in [0.4, 0.5) is 5.82 Å². The summed E-state index contributed by atoms with van der Waals surface area (Å²) in [5, 5.41) is 3.35. The monoisotopic (exact) mass is 402 g/mol. The van der Waals surface area contributed by atoms with Crippen molar-refractivity contribution < 1.29 is 9.53 Å². The summed E-state index contributed by atoms with van der Waals surface area (Å²) < 4.78 is 5.18. The fraction of sp³-hybridized carbons (Fsp3) is 0.250. The third kappa shape index (κ3) is 7.13. The van der Waals surface area contributed by atoms with Crippen LogP contribution < -0.4 is 10.1 Å². The Bertz CT molecular complexity index is 956. The number of carbonyl (C=O) groups excluding carboxylic acids is 1. The molecule has 2 heterocycles. The molecule has 2 aromatic heterocycles. The van der Waals surface area contributed by atoms with E-state index in [2.05, 4.69) is 20.3 Å². The number of methoxy groups -OCH3 is 1. The van der Waals surface area contributed by atoms with Crippen molar-refractivity contribution in [3.8, 4) is 5.75 Å². The van der Waals surface area contributed by atoms with Gasteiger partial charge >= 0.3 is 0 Å². The van der Waals surface area contributed by atoms with Crippen LogP contribution in [0.5, 0.6) is 5.75 Å². The van der Waals surface area contributed by atoms with E-state index in [0.29, 0.717) is 13.0 Å². The van der Waals surface area contributed by atoms with Gasteiger partial charge in [0.05, 0.1) is 12.8 Å². The highest BCUT2D eigenvalue weighted by atomic mass is 16.5. The van der Waals surface area contributed by atoms with Crippen LogP contribution in [-0.2, 0) is 17.8 Å². The van der Waals surface area contributed by atoms with Crippen LogP contribution in [0.3, 0.4) is 0 Å². The van der Waals surface area contributed by atoms with E-state index in [0.717, 1.165) is 47.8 Å². The second-order valence-electron chi connectivity index (χ2n) is 6.86. The van der Waals surface area contributed by atoms with Crippen LogP contribution in [0.1, 0.15) is 36.2 Å². The third-order valence-electron chi connectivity index (χ3n) is 4.59. The topological polar surface area (TPSA) is 77.0 Å². The lowest BCUT2D eigenvalue weighted by Gasteiger charge is -2.08. The number of ether oxygens (including phenoxy) is 1. The second kappa shape index (κ2) is 11.5. The van der Waals surface area contributed by atoms with Crippen LogP contribution >= 0.6 is 0 Å². The van der Waals surface area contributed by atoms with Gasteiger partial charge in [0, 0.05) is 24.9 Å². The Morgan fingerprint density at radius 2 is 1.97 bits per heavy atom. The van der Waals surface area contributed by atoms with Crippen LogP contribution in [0.15, 0.2) is 67.1 Å². The van der Waals surface area contributed by atoms with Gasteiger partial charge in [-0.3, -0.25) is 4.79 Å². The minimum absolute atomic E-state index is 0.108. The largest absolute Gasteiger partial charge is 0.497 e. The van der Waals surface area contributed by atoms with Crippen molar-refractivity contribution in [2.75, 3.05) is 12.4 Å². The summed E-state index contributed by atoms with van der Waals surface area (Å²) in [6, 6.07) is 15.7. The average molecular weight is 402 g/mol. The summed E-state index contributed by atoms with van der Waals surface area (Å²) in [6.45, 7) is 0.702. The molecule has 0 saturated heterocycles. The van der Waals surface area contributed by atoms with Crippen LogP contribution in [0.25, 0.3) is 6.08 Å². The number of ketones is 1. The molecule has 0 fully saturated rings. The van der Waals surface area contributed by atoms with Crippen molar-refractivity contribution in [1.82, 2.24) is 15.0 Å². The molecule has 0 atom stereocenters. The first-order valence-electron chi connectivity index (χ1n) is 10.0. The van der Waals surface area contributed by atoms with E-state index < -0.39 is 0 Å². The van der Waals surface area contributed by atoms with Crippen LogP contribution in [-0.4, -0.2) is 27.8 Å². The number of aryl methyl sites for hydroxylation is 1. The van der Waals surface area contributed by atoms with Crippen molar-refractivity contribution in [3.05, 3.63) is 84.1 Å². The fourth-order valence-electron chi connectivity index (χ4n) is 2.92. The van der Waals surface area contributed by atoms with E-state index in [9.17, 15) is 4.79 Å². The first-order valence-corrected chi connectivity index (χ1v) is 10.0. The molecule has 0 spiro atoms. The lowest BCUT2D eigenvalue weighted by molar-refractivity contribution is -0.114. The van der Waals surface area contributed by atoms with Crippen molar-refractivity contribution in [1.29, 1.82) is 0 Å². The van der Waals surface area contributed by atoms with Gasteiger partial charge in [0.15, 0.2) is 5.78 Å². The Morgan fingerprint density at radius 3 is 2.73 bits per heavy atom. The maximum atomic E-state index is 12.0. The number of hydrogen-bond acceptors (Lipinski definition) is 6. The Hall–Kier alpha value is -3.54. The van der Waals surface area contributed by atoms with Crippen LogP contribution in [0.2, 0.25) is 0 Å². The second-order valence-corrected chi connectivity index (χ2v) is 6.86. The minimum atomic E-state index is 0.108. The predicted molar refractivity (Wildman–Crippen MR) is 118 cm³/mol. The molecule has 0 aliphatic carbocycles. The molecule has 3 rings (SSSR count). The van der Waals surface area contributed by atoms with Gasteiger partial charge in [-0.1, -0.05) is 18.2 Å². The maximum Gasteiger partial charge on any atom is 0.155 e. The first-order chi connectivity index (χ1) is 14.7. The predicted octanol–water partition coefficient (Wildman–Crippen LogP) is 4.49. The maximum absolute atomic E-state index is 12.0. The Morgan fingerprint density at radius 1 is 1.10 bits per heavy atom. The number of nitrogens with zero attached hydrogens (tertiary/aromatic N) is 3. The molecule has 0 radical (unpaired) electrons. The molecule has 1 N–H and O–H groups in total. The van der Waals surface area contributed by atoms with Gasteiger partial charge in [-0.2, -0.15) is 0 Å². The molecular weight excluding hydrogens is 376 g/mol. The summed E-state index contributed by atoms with van der Waals surface area (Å²) in [7, 11) is 1.66. The van der Waals surface area contributed by atoms with E-state index in [1.165, 1.54) is 6.33 Å². The molecular formula is C24H26N4O2. The van der Waals surface area contributed by atoms with E-state index in [4.69, 9.17) is 4.74 Å². The molecule has 6 nitrogen and oxygen atoms in total. The number of unbranched alkanes of at least 4 members (excludes halogenated alkanes) is 1. The summed E-state index contributed by atoms with van der Waals surface area (Å²) in [5.74, 6) is 1.81. The summed E-state index contributed by atoms with van der Waals surface area (Å²) in [4.78, 5) is 24.6. The molecule has 0 amide bonds. The molecule has 0 aliphatic rings. The molecule has 0 bridgehead atoms. The number of aromatic nitrogens is 3. The Kier molecular flexibility index (Phi) is 8.09. The molecule has 30 heavy (non-hydrogen) atoms. The number of benzene rings is 1. The number of carbonyl (C=O) groups is 1. The van der Waals surface area contributed by atoms with E-state index in [-0.39, 0.29) is 5.78 Å². The number of nitrogens with one attached hydrogen (secondary N) is 1. The quantitative estimate of drug-likeness (QED) is 0.376. The molecule has 0 aliphatic heterocycles. The molecule has 6 heteroatoms. The normalized spacial score (nSPS) is 10.8. The Balaban J connectivity index is 1.39. The lowest BCUT2D eigenvalue weighted by atomic mass is 10.1. The van der Waals surface area contributed by atoms with Crippen molar-refractivity contribution >= 4 is 17.7 Å². The summed E-state index contributed by atoms with van der Waals surface area (Å²) in [5.41, 5.74) is 2.93. The zero-order chi connectivity index (χ0) is 21.0. The zero-order valence-electron chi connectivity index (χ0n) is 17.1. The van der Waals surface area contributed by atoms with Crippen molar-refractivity contribution in [2.24, 2.45) is 0 Å². The van der Waals surface area contributed by atoms with Crippen LogP contribution in [0, 0.1) is 0 Å². The highest BCUT2D eigenvalue weighted by molar-refractivity contribution is 5.93. The number of allylic oxidation sites excluding steroid dienone is 1. The van der Waals surface area contributed by atoms with Gasteiger partial charge in [-0.25, -0.2) is 15.0 Å². The smallest absolute Gasteiger partial charge is 0.155 e. The fourth-order valence-corrected chi connectivity index (χ4v) is 2.92. The van der Waals surface area contributed by atoms with Gasteiger partial charge in [0.1, 0.15) is 17.9 Å². The van der Waals surface area contributed by atoms with Gasteiger partial charge in [-0.05, 0) is 67.3 Å². The molecule has 3 aromatic rings. The first kappa shape index (κ1) is 21.2. The SMILES string of the molecule is COc1ccc(CNc2cccc(CCCCC(=O)/C=C/c3ccncn3)n2)cc1. The highest BCUT2D eigenvalue weighted by Crippen LogP contribution is 2.14. The molecule has 0 unspecified atom stereocenters. The summed E-state index contributed by atoms with van der Waals surface area (Å²) in [6.07, 6.45) is 9.56. The average Bonchev–Trinajstić information content (AvgIpc) is 2.80. The summed E-state index contributed by atoms with van der Waals surface area (Å²) >= 11 is 0. The van der Waals surface area contributed by atoms with Crippen molar-refractivity contribution in [3.63, 3.8) is 0 Å². The van der Waals surface area contributed by atoms with E-state index in [1.54, 1.807) is 31.5 Å². The zero-order valence-corrected chi connectivity index (χ0v) is 17.1. The number of pyridine rings is 1. The lowest BCUT2D eigenvalue weighted by Crippen LogP contribution is -2.03. The molecule has 1 aromatic carbocycles. The standard InChI is InChI=1S/C24H26N4O2/c1-30-23-13-9-19(10-14-23)17-26-24-8-4-6-21(28-24)5-2-3-7-22(29)12-11-20-15-16-25-18-27-20/h4,6,8-16,18H,2-3,5,7,17H2,1H3,(H,26,28)/b12-11+. The van der Waals surface area contributed by atoms with Crippen molar-refractivity contribution in [2.45, 2.75) is 32.2 Å². The third-order valence-corrected chi connectivity index (χ3v) is 4.59. The molecule has 0 saturated carbocycles. The number of rotatable bonds is 11. The van der Waals surface area contributed by atoms with E-state index in [1.807, 2.05) is 42.5 Å². The van der Waals surface area contributed by atoms with Gasteiger partial charge in [-0.15, -0.1) is 0 Å². The number of hydrogen-bond donors (Lipinski definition) is 1. The highest BCUT2D eigenvalue weighted by Gasteiger charge is 2.02. The Labute approximate surface area is 177 Å². The van der Waals surface area contributed by atoms with Gasteiger partial charge in [0.25, 0.3) is 0 Å². The molecule has 154 valence electrons. The number of anilines is 1. The van der Waals surface area contributed by atoms with E-state index >= 15 is 0 Å². The van der Waals surface area contributed by atoms with Gasteiger partial charge in [0.2, 0.25) is 0 Å². The minimum Gasteiger partial charge on any atom is -0.497 e.